The second kappa shape index (κ2) is 8.76. The highest BCUT2D eigenvalue weighted by Gasteiger charge is 2.34. The molecule has 0 spiro atoms. The molecule has 6 rings (SSSR count). The zero-order chi connectivity index (χ0) is 25.0. The predicted molar refractivity (Wildman–Crippen MR) is 147 cm³/mol. The molecule has 0 atom stereocenters. The van der Waals surface area contributed by atoms with Gasteiger partial charge in [-0.1, -0.05) is 35.9 Å². The summed E-state index contributed by atoms with van der Waals surface area (Å²) in [4.78, 5) is 16.6. The summed E-state index contributed by atoms with van der Waals surface area (Å²) >= 11 is 6.83. The van der Waals surface area contributed by atoms with Crippen molar-refractivity contribution in [1.82, 2.24) is 24.3 Å². The first-order valence-corrected chi connectivity index (χ1v) is 12.5. The normalized spacial score (nSPS) is 17.7. The Labute approximate surface area is 214 Å². The zero-order valence-electron chi connectivity index (χ0n) is 20.3. The first-order valence-electron chi connectivity index (χ1n) is 12.1. The van der Waals surface area contributed by atoms with Gasteiger partial charge in [-0.05, 0) is 57.1 Å². The van der Waals surface area contributed by atoms with Crippen LogP contribution in [0.5, 0.6) is 0 Å². The highest BCUT2D eigenvalue weighted by atomic mass is 35.5. The van der Waals surface area contributed by atoms with Crippen LogP contribution in [0.2, 0.25) is 5.02 Å². The van der Waals surface area contributed by atoms with Crippen molar-refractivity contribution in [3.63, 3.8) is 0 Å². The Balaban J connectivity index is 1.47. The summed E-state index contributed by atoms with van der Waals surface area (Å²) in [7, 11) is 4.24. The van der Waals surface area contributed by atoms with E-state index in [1.807, 2.05) is 54.7 Å². The Morgan fingerprint density at radius 2 is 1.83 bits per heavy atom. The lowest BCUT2D eigenvalue weighted by Gasteiger charge is -2.36. The lowest BCUT2D eigenvalue weighted by molar-refractivity contribution is 0.194. The van der Waals surface area contributed by atoms with E-state index in [0.29, 0.717) is 28.4 Å². The van der Waals surface area contributed by atoms with Gasteiger partial charge in [0.25, 0.3) is 0 Å². The van der Waals surface area contributed by atoms with Crippen molar-refractivity contribution in [2.45, 2.75) is 18.8 Å². The first kappa shape index (κ1) is 22.8. The minimum Gasteiger partial charge on any atom is -0.398 e. The molecule has 182 valence electrons. The number of hydrogen-bond acceptors (Lipinski definition) is 6. The Morgan fingerprint density at radius 1 is 1.03 bits per heavy atom. The number of para-hydroxylation sites is 1. The van der Waals surface area contributed by atoms with Crippen molar-refractivity contribution in [2.24, 2.45) is 5.92 Å². The second-order valence-corrected chi connectivity index (χ2v) is 10.4. The van der Waals surface area contributed by atoms with Crippen LogP contribution in [-0.4, -0.2) is 44.9 Å². The van der Waals surface area contributed by atoms with Crippen molar-refractivity contribution in [3.05, 3.63) is 71.8 Å². The maximum atomic E-state index is 6.83. The Hall–Kier alpha value is -3.68. The number of nitrogens with zero attached hydrogens (tertiary/aromatic N) is 5. The van der Waals surface area contributed by atoms with Crippen LogP contribution in [0.25, 0.3) is 38.9 Å². The van der Waals surface area contributed by atoms with E-state index >= 15 is 0 Å². The standard InChI is InChI=1S/C28H28ClN7/c1-35(2)15-16-11-18(12-16)28-34-25(26-27(31)32-9-10-36(26)28)20-14-24-17(13-21(20)29)7-8-23(33-24)19-5-3-4-6-22(19)30/h3-10,13-14,16,18H,11-12,15,30H2,1-2H3,(H2,31,32). The highest BCUT2D eigenvalue weighted by molar-refractivity contribution is 6.34. The number of pyridine rings is 1. The van der Waals surface area contributed by atoms with Crippen LogP contribution in [0.15, 0.2) is 60.9 Å². The van der Waals surface area contributed by atoms with Gasteiger partial charge < -0.3 is 16.4 Å². The van der Waals surface area contributed by atoms with Gasteiger partial charge in [-0.25, -0.2) is 15.0 Å². The number of nitrogen functional groups attached to an aromatic ring is 2. The number of benzene rings is 2. The molecule has 1 fully saturated rings. The number of fused-ring (bicyclic) bond motifs is 2. The molecule has 0 unspecified atom stereocenters. The Morgan fingerprint density at radius 3 is 2.61 bits per heavy atom. The average molecular weight is 498 g/mol. The fourth-order valence-electron chi connectivity index (χ4n) is 5.38. The minimum absolute atomic E-state index is 0.378. The smallest absolute Gasteiger partial charge is 0.150 e. The summed E-state index contributed by atoms with van der Waals surface area (Å²) in [6, 6.07) is 15.7. The van der Waals surface area contributed by atoms with Crippen molar-refractivity contribution in [2.75, 3.05) is 32.1 Å². The number of hydrogen-bond donors (Lipinski definition) is 2. The fraction of sp³-hybridized carbons (Fsp3) is 0.250. The van der Waals surface area contributed by atoms with E-state index in [4.69, 9.17) is 33.0 Å². The Bertz CT molecular complexity index is 1600. The van der Waals surface area contributed by atoms with Gasteiger partial charge in [0.2, 0.25) is 0 Å². The van der Waals surface area contributed by atoms with E-state index < -0.39 is 0 Å². The molecule has 0 aliphatic heterocycles. The largest absolute Gasteiger partial charge is 0.398 e. The first-order chi connectivity index (χ1) is 17.4. The number of halogens is 1. The Kier molecular flexibility index (Phi) is 5.54. The fourth-order valence-corrected chi connectivity index (χ4v) is 5.64. The number of nitrogens with two attached hydrogens (primary N) is 2. The molecule has 8 heteroatoms. The van der Waals surface area contributed by atoms with Crippen molar-refractivity contribution >= 4 is 39.5 Å². The van der Waals surface area contributed by atoms with Crippen molar-refractivity contribution in [1.29, 1.82) is 0 Å². The third-order valence-electron chi connectivity index (χ3n) is 7.10. The van der Waals surface area contributed by atoms with E-state index in [1.165, 1.54) is 0 Å². The van der Waals surface area contributed by atoms with Crippen LogP contribution >= 0.6 is 11.6 Å². The van der Waals surface area contributed by atoms with Crippen LogP contribution in [0.4, 0.5) is 11.5 Å². The molecule has 3 aromatic heterocycles. The summed E-state index contributed by atoms with van der Waals surface area (Å²) in [6.45, 7) is 1.09. The maximum Gasteiger partial charge on any atom is 0.150 e. The van der Waals surface area contributed by atoms with Gasteiger partial charge in [0.15, 0.2) is 0 Å². The molecular weight excluding hydrogens is 470 g/mol. The van der Waals surface area contributed by atoms with Gasteiger partial charge in [-0.2, -0.15) is 0 Å². The third kappa shape index (κ3) is 3.85. The zero-order valence-corrected chi connectivity index (χ0v) is 21.1. The molecule has 0 radical (unpaired) electrons. The van der Waals surface area contributed by atoms with Crippen LogP contribution in [0.1, 0.15) is 24.6 Å². The van der Waals surface area contributed by atoms with E-state index in [2.05, 4.69) is 28.4 Å². The van der Waals surface area contributed by atoms with Crippen LogP contribution in [0.3, 0.4) is 0 Å². The lowest BCUT2D eigenvalue weighted by atomic mass is 9.74. The van der Waals surface area contributed by atoms with Crippen molar-refractivity contribution in [3.8, 4) is 22.5 Å². The monoisotopic (exact) mass is 497 g/mol. The molecule has 1 aliphatic rings. The second-order valence-electron chi connectivity index (χ2n) is 9.95. The summed E-state index contributed by atoms with van der Waals surface area (Å²) in [5.41, 5.74) is 18.1. The molecule has 0 amide bonds. The molecule has 2 aromatic carbocycles. The SMILES string of the molecule is CN(C)CC1CC(c2nc(-c3cc4nc(-c5ccccc5N)ccc4cc3Cl)c3c(N)nccn23)C1. The molecule has 0 saturated heterocycles. The molecule has 5 aromatic rings. The van der Waals surface area contributed by atoms with E-state index in [9.17, 15) is 0 Å². The molecule has 4 N–H and O–H groups in total. The van der Waals surface area contributed by atoms with Crippen LogP contribution in [0, 0.1) is 5.92 Å². The molecule has 3 heterocycles. The van der Waals surface area contributed by atoms with E-state index in [-0.39, 0.29) is 0 Å². The van der Waals surface area contributed by atoms with Crippen LogP contribution < -0.4 is 11.5 Å². The maximum absolute atomic E-state index is 6.83. The lowest BCUT2D eigenvalue weighted by Crippen LogP contribution is -2.32. The number of aromatic nitrogens is 4. The predicted octanol–water partition coefficient (Wildman–Crippen LogP) is 5.48. The third-order valence-corrected chi connectivity index (χ3v) is 7.42. The summed E-state index contributed by atoms with van der Waals surface area (Å²) in [5, 5.41) is 1.55. The molecule has 1 saturated carbocycles. The summed E-state index contributed by atoms with van der Waals surface area (Å²) < 4.78 is 2.09. The van der Waals surface area contributed by atoms with Gasteiger partial charge in [0.1, 0.15) is 22.9 Å². The number of rotatable bonds is 5. The highest BCUT2D eigenvalue weighted by Crippen LogP contribution is 2.44. The number of imidazole rings is 1. The molecule has 0 bridgehead atoms. The summed E-state index contributed by atoms with van der Waals surface area (Å²) in [5.74, 6) is 2.50. The van der Waals surface area contributed by atoms with Gasteiger partial charge in [-0.15, -0.1) is 0 Å². The number of anilines is 2. The quantitative estimate of drug-likeness (QED) is 0.312. The van der Waals surface area contributed by atoms with E-state index in [0.717, 1.165) is 64.1 Å². The van der Waals surface area contributed by atoms with Crippen molar-refractivity contribution < 1.29 is 0 Å². The van der Waals surface area contributed by atoms with Gasteiger partial charge in [-0.3, -0.25) is 4.40 Å². The average Bonchev–Trinajstić information content (AvgIpc) is 3.21. The molecule has 1 aliphatic carbocycles. The summed E-state index contributed by atoms with van der Waals surface area (Å²) in [6.07, 6.45) is 5.88. The van der Waals surface area contributed by atoms with Crippen LogP contribution in [-0.2, 0) is 0 Å². The van der Waals surface area contributed by atoms with E-state index in [1.54, 1.807) is 6.20 Å². The van der Waals surface area contributed by atoms with Gasteiger partial charge in [0, 0.05) is 47.1 Å². The molecule has 36 heavy (non-hydrogen) atoms. The molecule has 7 nitrogen and oxygen atoms in total. The topological polar surface area (TPSA) is 98.4 Å². The minimum atomic E-state index is 0.378. The molecular formula is C28H28ClN7. The van der Waals surface area contributed by atoms with Gasteiger partial charge >= 0.3 is 0 Å². The van der Waals surface area contributed by atoms with Gasteiger partial charge in [0.05, 0.1) is 16.2 Å².